The zero-order valence-corrected chi connectivity index (χ0v) is 17.5. The molecule has 1 amide bonds. The van der Waals surface area contributed by atoms with Gasteiger partial charge in [-0.15, -0.1) is 0 Å². The Labute approximate surface area is 182 Å². The van der Waals surface area contributed by atoms with Crippen LogP contribution < -0.4 is 15.4 Å². The zero-order valence-electron chi connectivity index (χ0n) is 17.5. The average molecular weight is 412 g/mol. The molecule has 0 radical (unpaired) electrons. The number of hydrogen-bond donors (Lipinski definition) is 2. The number of hydrogen-bond acceptors (Lipinski definition) is 4. The molecule has 156 valence electrons. The molecule has 1 heterocycles. The Morgan fingerprint density at radius 1 is 0.935 bits per heavy atom. The maximum atomic E-state index is 13.0. The highest BCUT2D eigenvalue weighted by atomic mass is 16.5. The molecule has 0 fully saturated rings. The molecule has 0 unspecified atom stereocenters. The standard InChI is InChI=1S/C26H25N3O2/c1-2-31-21-14-12-20(13-15-21)28-25-18-23(22-10-6-7-11-24(22)29-25)26(30)27-17-16-19-8-4-3-5-9-19/h3-15,18H,2,16-17H2,1H3,(H,27,30)(H,28,29). The second kappa shape index (κ2) is 9.76. The molecule has 0 aliphatic heterocycles. The van der Waals surface area contributed by atoms with E-state index in [4.69, 9.17) is 4.74 Å². The van der Waals surface area contributed by atoms with Gasteiger partial charge in [0, 0.05) is 17.6 Å². The molecule has 0 aliphatic rings. The summed E-state index contributed by atoms with van der Waals surface area (Å²) in [6.07, 6.45) is 0.785. The van der Waals surface area contributed by atoms with Crippen LogP contribution in [0.5, 0.6) is 5.75 Å². The predicted molar refractivity (Wildman–Crippen MR) is 125 cm³/mol. The van der Waals surface area contributed by atoms with Crippen LogP contribution in [0.2, 0.25) is 0 Å². The van der Waals surface area contributed by atoms with Gasteiger partial charge in [-0.3, -0.25) is 4.79 Å². The molecule has 2 N–H and O–H groups in total. The quantitative estimate of drug-likeness (QED) is 0.410. The van der Waals surface area contributed by atoms with Crippen LogP contribution in [-0.4, -0.2) is 24.0 Å². The fraction of sp³-hybridized carbons (Fsp3) is 0.154. The first-order valence-electron chi connectivity index (χ1n) is 10.4. The minimum atomic E-state index is -0.107. The van der Waals surface area contributed by atoms with Gasteiger partial charge in [0.1, 0.15) is 11.6 Å². The summed E-state index contributed by atoms with van der Waals surface area (Å²) in [4.78, 5) is 17.7. The first-order chi connectivity index (χ1) is 15.2. The molecular formula is C26H25N3O2. The van der Waals surface area contributed by atoms with Gasteiger partial charge in [0.05, 0.1) is 17.7 Å². The number of benzene rings is 3. The molecular weight excluding hydrogens is 386 g/mol. The molecule has 4 rings (SSSR count). The molecule has 0 spiro atoms. The monoisotopic (exact) mass is 411 g/mol. The van der Waals surface area contributed by atoms with Crippen LogP contribution in [0, 0.1) is 0 Å². The predicted octanol–water partition coefficient (Wildman–Crippen LogP) is 5.35. The number of anilines is 2. The fourth-order valence-corrected chi connectivity index (χ4v) is 3.44. The van der Waals surface area contributed by atoms with Crippen molar-refractivity contribution in [3.05, 3.63) is 96.1 Å². The summed E-state index contributed by atoms with van der Waals surface area (Å²) in [6.45, 7) is 3.15. The van der Waals surface area contributed by atoms with Gasteiger partial charge in [0.15, 0.2) is 0 Å². The molecule has 0 bridgehead atoms. The number of aromatic nitrogens is 1. The lowest BCUT2D eigenvalue weighted by Crippen LogP contribution is -2.26. The second-order valence-corrected chi connectivity index (χ2v) is 7.15. The van der Waals surface area contributed by atoms with Crippen molar-refractivity contribution in [3.63, 3.8) is 0 Å². The number of pyridine rings is 1. The molecule has 1 aromatic heterocycles. The lowest BCUT2D eigenvalue weighted by Gasteiger charge is -2.12. The zero-order chi connectivity index (χ0) is 21.5. The van der Waals surface area contributed by atoms with Crippen molar-refractivity contribution in [1.29, 1.82) is 0 Å². The van der Waals surface area contributed by atoms with E-state index in [9.17, 15) is 4.79 Å². The van der Waals surface area contributed by atoms with Gasteiger partial charge >= 0.3 is 0 Å². The Morgan fingerprint density at radius 2 is 1.68 bits per heavy atom. The topological polar surface area (TPSA) is 63.2 Å². The molecule has 3 aromatic carbocycles. The van der Waals surface area contributed by atoms with E-state index < -0.39 is 0 Å². The van der Waals surface area contributed by atoms with Crippen LogP contribution in [0.25, 0.3) is 10.9 Å². The Kier molecular flexibility index (Phi) is 6.43. The Morgan fingerprint density at radius 3 is 2.45 bits per heavy atom. The van der Waals surface area contributed by atoms with E-state index in [1.807, 2.05) is 73.7 Å². The number of nitrogens with one attached hydrogen (secondary N) is 2. The van der Waals surface area contributed by atoms with Gasteiger partial charge in [-0.05, 0) is 55.3 Å². The van der Waals surface area contributed by atoms with Crippen LogP contribution in [0.15, 0.2) is 84.9 Å². The van der Waals surface area contributed by atoms with Gasteiger partial charge in [0.25, 0.3) is 5.91 Å². The molecule has 0 atom stereocenters. The maximum Gasteiger partial charge on any atom is 0.252 e. The molecule has 5 heteroatoms. The first-order valence-corrected chi connectivity index (χ1v) is 10.4. The van der Waals surface area contributed by atoms with Crippen LogP contribution in [0.3, 0.4) is 0 Å². The van der Waals surface area contributed by atoms with E-state index in [-0.39, 0.29) is 5.91 Å². The highest BCUT2D eigenvalue weighted by molar-refractivity contribution is 6.07. The lowest BCUT2D eigenvalue weighted by molar-refractivity contribution is 0.0955. The molecule has 0 saturated heterocycles. The average Bonchev–Trinajstić information content (AvgIpc) is 2.80. The third-order valence-electron chi connectivity index (χ3n) is 4.94. The molecule has 4 aromatic rings. The van der Waals surface area contributed by atoms with Gasteiger partial charge < -0.3 is 15.4 Å². The smallest absolute Gasteiger partial charge is 0.252 e. The highest BCUT2D eigenvalue weighted by Crippen LogP contribution is 2.24. The number of amides is 1. The van der Waals surface area contributed by atoms with E-state index in [0.29, 0.717) is 24.5 Å². The largest absolute Gasteiger partial charge is 0.494 e. The number of carbonyl (C=O) groups is 1. The van der Waals surface area contributed by atoms with Crippen molar-refractivity contribution in [3.8, 4) is 5.75 Å². The van der Waals surface area contributed by atoms with E-state index in [2.05, 4.69) is 27.8 Å². The van der Waals surface area contributed by atoms with E-state index in [1.54, 1.807) is 6.07 Å². The van der Waals surface area contributed by atoms with Gasteiger partial charge in [-0.25, -0.2) is 4.98 Å². The molecule has 0 aliphatic carbocycles. The summed E-state index contributed by atoms with van der Waals surface area (Å²) in [5.74, 6) is 1.33. The number of rotatable bonds is 8. The lowest BCUT2D eigenvalue weighted by atomic mass is 10.1. The SMILES string of the molecule is CCOc1ccc(Nc2cc(C(=O)NCCc3ccccc3)c3ccccc3n2)cc1. The minimum Gasteiger partial charge on any atom is -0.494 e. The van der Waals surface area contributed by atoms with E-state index in [0.717, 1.165) is 28.8 Å². The Hall–Kier alpha value is -3.86. The van der Waals surface area contributed by atoms with Crippen molar-refractivity contribution in [2.75, 3.05) is 18.5 Å². The fourth-order valence-electron chi connectivity index (χ4n) is 3.44. The number of fused-ring (bicyclic) bond motifs is 1. The first kappa shape index (κ1) is 20.4. The summed E-state index contributed by atoms with van der Waals surface area (Å²) in [5, 5.41) is 7.17. The second-order valence-electron chi connectivity index (χ2n) is 7.15. The van der Waals surface area contributed by atoms with Crippen molar-refractivity contribution in [1.82, 2.24) is 10.3 Å². The van der Waals surface area contributed by atoms with Crippen LogP contribution in [0.1, 0.15) is 22.8 Å². The summed E-state index contributed by atoms with van der Waals surface area (Å²) < 4.78 is 5.49. The summed E-state index contributed by atoms with van der Waals surface area (Å²) in [5.41, 5.74) is 3.45. The van der Waals surface area contributed by atoms with Crippen LogP contribution >= 0.6 is 0 Å². The van der Waals surface area contributed by atoms with Gasteiger partial charge in [-0.2, -0.15) is 0 Å². The number of ether oxygens (including phenoxy) is 1. The van der Waals surface area contributed by atoms with Crippen molar-refractivity contribution >= 4 is 28.3 Å². The molecule has 5 nitrogen and oxygen atoms in total. The number of carbonyl (C=O) groups excluding carboxylic acids is 1. The van der Waals surface area contributed by atoms with Crippen molar-refractivity contribution in [2.24, 2.45) is 0 Å². The molecule has 0 saturated carbocycles. The normalized spacial score (nSPS) is 10.6. The third kappa shape index (κ3) is 5.20. The van der Waals surface area contributed by atoms with Gasteiger partial charge in [-0.1, -0.05) is 48.5 Å². The van der Waals surface area contributed by atoms with Crippen molar-refractivity contribution < 1.29 is 9.53 Å². The number of para-hydroxylation sites is 1. The third-order valence-corrected chi connectivity index (χ3v) is 4.94. The summed E-state index contributed by atoms with van der Waals surface area (Å²) in [7, 11) is 0. The van der Waals surface area contributed by atoms with E-state index in [1.165, 1.54) is 5.56 Å². The minimum absolute atomic E-state index is 0.107. The summed E-state index contributed by atoms with van der Waals surface area (Å²) >= 11 is 0. The van der Waals surface area contributed by atoms with Crippen LogP contribution in [-0.2, 0) is 6.42 Å². The van der Waals surface area contributed by atoms with Gasteiger partial charge in [0.2, 0.25) is 0 Å². The number of nitrogens with zero attached hydrogens (tertiary/aromatic N) is 1. The highest BCUT2D eigenvalue weighted by Gasteiger charge is 2.13. The van der Waals surface area contributed by atoms with Crippen molar-refractivity contribution in [2.45, 2.75) is 13.3 Å². The maximum absolute atomic E-state index is 13.0. The Bertz CT molecular complexity index is 1160. The Balaban J connectivity index is 1.53. The van der Waals surface area contributed by atoms with Crippen LogP contribution in [0.4, 0.5) is 11.5 Å². The summed E-state index contributed by atoms with van der Waals surface area (Å²) in [6, 6.07) is 27.3. The van der Waals surface area contributed by atoms with E-state index >= 15 is 0 Å². The molecule has 31 heavy (non-hydrogen) atoms.